The zero-order valence-electron chi connectivity index (χ0n) is 22.0. The lowest BCUT2D eigenvalue weighted by Gasteiger charge is -2.30. The summed E-state index contributed by atoms with van der Waals surface area (Å²) >= 11 is 0. The van der Waals surface area contributed by atoms with Crippen molar-refractivity contribution >= 4 is 23.9 Å². The molecule has 0 unspecified atom stereocenters. The fraction of sp³-hybridized carbons (Fsp3) is 0.630. The van der Waals surface area contributed by atoms with Crippen LogP contribution in [0.2, 0.25) is 0 Å². The van der Waals surface area contributed by atoms with Crippen LogP contribution in [0.4, 0.5) is 4.79 Å². The van der Waals surface area contributed by atoms with Crippen molar-refractivity contribution in [3.63, 3.8) is 0 Å². The number of carbonyl (C=O) groups excluding carboxylic acids is 3. The second-order valence-electron chi connectivity index (χ2n) is 10.9. The second kappa shape index (κ2) is 13.3. The molecule has 0 bridgehead atoms. The van der Waals surface area contributed by atoms with Crippen LogP contribution >= 0.6 is 0 Å². The van der Waals surface area contributed by atoms with E-state index in [0.717, 1.165) is 18.4 Å². The monoisotopic (exact) mass is 503 g/mol. The molecule has 1 saturated carbocycles. The van der Waals surface area contributed by atoms with E-state index in [9.17, 15) is 24.3 Å². The van der Waals surface area contributed by atoms with E-state index in [-0.39, 0.29) is 29.6 Å². The van der Waals surface area contributed by atoms with Gasteiger partial charge in [0.15, 0.2) is 0 Å². The minimum atomic E-state index is -1.03. The maximum atomic E-state index is 13.0. The Hall–Kier alpha value is -3.10. The number of amides is 3. The van der Waals surface area contributed by atoms with Gasteiger partial charge in [0.1, 0.15) is 17.7 Å². The topological polar surface area (TPSA) is 134 Å². The summed E-state index contributed by atoms with van der Waals surface area (Å²) in [5.41, 5.74) is 0.240. The Bertz CT molecular complexity index is 889. The number of hydrogen-bond donors (Lipinski definition) is 4. The molecule has 200 valence electrons. The van der Waals surface area contributed by atoms with E-state index in [4.69, 9.17) is 4.74 Å². The van der Waals surface area contributed by atoms with Crippen molar-refractivity contribution in [3.05, 3.63) is 35.9 Å². The van der Waals surface area contributed by atoms with Crippen molar-refractivity contribution < 1.29 is 29.0 Å². The van der Waals surface area contributed by atoms with Gasteiger partial charge in [-0.15, -0.1) is 0 Å². The summed E-state index contributed by atoms with van der Waals surface area (Å²) in [5, 5.41) is 17.6. The quantitative estimate of drug-likeness (QED) is 0.387. The number of aliphatic carboxylic acids is 1. The summed E-state index contributed by atoms with van der Waals surface area (Å²) in [5.74, 6) is -1.75. The number of benzene rings is 1. The average molecular weight is 504 g/mol. The minimum Gasteiger partial charge on any atom is -0.480 e. The van der Waals surface area contributed by atoms with E-state index < -0.39 is 29.7 Å². The molecule has 1 fully saturated rings. The van der Waals surface area contributed by atoms with E-state index in [0.29, 0.717) is 25.8 Å². The number of carboxylic acids is 1. The van der Waals surface area contributed by atoms with Gasteiger partial charge in [0.2, 0.25) is 11.8 Å². The number of rotatable bonds is 10. The number of carbonyl (C=O) groups is 4. The predicted octanol–water partition coefficient (Wildman–Crippen LogP) is 3.27. The molecule has 2 rings (SSSR count). The SMILES string of the molecule is CC(C)[C@H](NC(=O)C1CCC(CNC(=O)[C@H](Cc2ccccc2)NC(=O)OC(C)(C)C)CC1)C(=O)O. The molecule has 3 amide bonds. The standard InChI is InChI=1S/C27H41N3O6/c1-17(2)22(25(33)34)30-23(31)20-13-11-19(12-14-20)16-28-24(32)21(15-18-9-7-6-8-10-18)29-26(35)36-27(3,4)5/h6-10,17,19-22H,11-16H2,1-5H3,(H,28,32)(H,29,35)(H,30,31)(H,33,34)/t19?,20?,21-,22-/m0/s1. The van der Waals surface area contributed by atoms with Crippen molar-refractivity contribution in [1.82, 2.24) is 16.0 Å². The Kier molecular flexibility index (Phi) is 10.7. The third kappa shape index (κ3) is 9.87. The first-order chi connectivity index (χ1) is 16.9. The van der Waals surface area contributed by atoms with Gasteiger partial charge in [0.05, 0.1) is 0 Å². The number of hydrogen-bond acceptors (Lipinski definition) is 5. The molecule has 0 heterocycles. The Labute approximate surface area is 213 Å². The largest absolute Gasteiger partial charge is 0.480 e. The van der Waals surface area contributed by atoms with E-state index in [1.807, 2.05) is 30.3 Å². The van der Waals surface area contributed by atoms with E-state index >= 15 is 0 Å². The van der Waals surface area contributed by atoms with Gasteiger partial charge in [-0.2, -0.15) is 0 Å². The number of carboxylic acid groups (broad SMARTS) is 1. The van der Waals surface area contributed by atoms with Crippen LogP contribution in [0.5, 0.6) is 0 Å². The van der Waals surface area contributed by atoms with Crippen LogP contribution < -0.4 is 16.0 Å². The van der Waals surface area contributed by atoms with Gasteiger partial charge < -0.3 is 25.8 Å². The molecule has 9 nitrogen and oxygen atoms in total. The Morgan fingerprint density at radius 1 is 1.00 bits per heavy atom. The van der Waals surface area contributed by atoms with Gasteiger partial charge in [-0.1, -0.05) is 44.2 Å². The molecule has 0 aliphatic heterocycles. The highest BCUT2D eigenvalue weighted by molar-refractivity contribution is 5.86. The lowest BCUT2D eigenvalue weighted by molar-refractivity contribution is -0.144. The highest BCUT2D eigenvalue weighted by atomic mass is 16.6. The molecule has 2 atom stereocenters. The molecule has 1 aliphatic rings. The highest BCUT2D eigenvalue weighted by Gasteiger charge is 2.31. The van der Waals surface area contributed by atoms with Gasteiger partial charge in [0, 0.05) is 18.9 Å². The van der Waals surface area contributed by atoms with Crippen molar-refractivity contribution in [2.24, 2.45) is 17.8 Å². The van der Waals surface area contributed by atoms with Gasteiger partial charge in [0.25, 0.3) is 0 Å². The molecule has 0 spiro atoms. The summed E-state index contributed by atoms with van der Waals surface area (Å²) in [6, 6.07) is 7.77. The van der Waals surface area contributed by atoms with E-state index in [1.165, 1.54) is 0 Å². The number of ether oxygens (including phenoxy) is 1. The molecule has 1 aromatic rings. The molecule has 0 aromatic heterocycles. The van der Waals surface area contributed by atoms with Gasteiger partial charge in [-0.25, -0.2) is 9.59 Å². The van der Waals surface area contributed by atoms with Crippen molar-refractivity contribution in [2.75, 3.05) is 6.54 Å². The fourth-order valence-corrected chi connectivity index (χ4v) is 4.29. The minimum absolute atomic E-state index is 0.198. The summed E-state index contributed by atoms with van der Waals surface area (Å²) in [6.07, 6.45) is 2.47. The lowest BCUT2D eigenvalue weighted by Crippen LogP contribution is -2.50. The maximum absolute atomic E-state index is 13.0. The van der Waals surface area contributed by atoms with Gasteiger partial charge in [-0.05, 0) is 63.9 Å². The molecule has 0 radical (unpaired) electrons. The fourth-order valence-electron chi connectivity index (χ4n) is 4.29. The summed E-state index contributed by atoms with van der Waals surface area (Å²) < 4.78 is 5.34. The second-order valence-corrected chi connectivity index (χ2v) is 10.9. The van der Waals surface area contributed by atoms with Crippen molar-refractivity contribution in [2.45, 2.75) is 84.4 Å². The van der Waals surface area contributed by atoms with Crippen LogP contribution in [0.1, 0.15) is 65.9 Å². The first-order valence-corrected chi connectivity index (χ1v) is 12.7. The normalized spacial score (nSPS) is 19.6. The molecule has 36 heavy (non-hydrogen) atoms. The summed E-state index contributed by atoms with van der Waals surface area (Å²) in [7, 11) is 0. The van der Waals surface area contributed by atoms with Crippen molar-refractivity contribution in [1.29, 1.82) is 0 Å². The van der Waals surface area contributed by atoms with Crippen LogP contribution in [0.15, 0.2) is 30.3 Å². The number of alkyl carbamates (subject to hydrolysis) is 1. The predicted molar refractivity (Wildman–Crippen MR) is 136 cm³/mol. The Balaban J connectivity index is 1.89. The van der Waals surface area contributed by atoms with Crippen LogP contribution in [-0.4, -0.2) is 53.2 Å². The van der Waals surface area contributed by atoms with Crippen LogP contribution in [0.3, 0.4) is 0 Å². The number of nitrogens with one attached hydrogen (secondary N) is 3. The van der Waals surface area contributed by atoms with E-state index in [2.05, 4.69) is 16.0 Å². The third-order valence-corrected chi connectivity index (χ3v) is 6.30. The molecule has 1 aliphatic carbocycles. The smallest absolute Gasteiger partial charge is 0.408 e. The van der Waals surface area contributed by atoms with Crippen LogP contribution in [0, 0.1) is 17.8 Å². The zero-order valence-corrected chi connectivity index (χ0v) is 22.0. The summed E-state index contributed by atoms with van der Waals surface area (Å²) in [6.45, 7) is 9.27. The average Bonchev–Trinajstić information content (AvgIpc) is 2.79. The third-order valence-electron chi connectivity index (χ3n) is 6.30. The molecule has 0 saturated heterocycles. The molecule has 1 aromatic carbocycles. The van der Waals surface area contributed by atoms with Crippen LogP contribution in [-0.2, 0) is 25.5 Å². The first-order valence-electron chi connectivity index (χ1n) is 12.7. The van der Waals surface area contributed by atoms with Gasteiger partial charge >= 0.3 is 12.1 Å². The van der Waals surface area contributed by atoms with Crippen LogP contribution in [0.25, 0.3) is 0 Å². The van der Waals surface area contributed by atoms with Crippen molar-refractivity contribution in [3.8, 4) is 0 Å². The zero-order chi connectivity index (χ0) is 26.9. The molecular formula is C27H41N3O6. The van der Waals surface area contributed by atoms with E-state index in [1.54, 1.807) is 34.6 Å². The van der Waals surface area contributed by atoms with Gasteiger partial charge in [-0.3, -0.25) is 9.59 Å². The maximum Gasteiger partial charge on any atom is 0.408 e. The highest BCUT2D eigenvalue weighted by Crippen LogP contribution is 2.29. The first kappa shape index (κ1) is 29.1. The lowest BCUT2D eigenvalue weighted by atomic mass is 9.81. The Morgan fingerprint density at radius 3 is 2.14 bits per heavy atom. The Morgan fingerprint density at radius 2 is 1.61 bits per heavy atom. The molecule has 4 N–H and O–H groups in total. The summed E-state index contributed by atoms with van der Waals surface area (Å²) in [4.78, 5) is 49.3. The molecule has 9 heteroatoms. The molecular weight excluding hydrogens is 462 g/mol.